The average molecular weight is 404 g/mol. The standard InChI is InChI=1S/C17H26N2O2.C2HF3O2/c1-20-11-5-15-12-17(21-14-15)6-9-19(10-7-17)13-16-4-2-3-8-18-16;3-2(4,5)1(6)7/h2-4,8,15H,5-7,9-14H2,1H3;(H,6,7). The van der Waals surface area contributed by atoms with Crippen molar-refractivity contribution in [2.75, 3.05) is 33.4 Å². The quantitative estimate of drug-likeness (QED) is 0.813. The zero-order valence-corrected chi connectivity index (χ0v) is 16.0. The van der Waals surface area contributed by atoms with Crippen molar-refractivity contribution in [3.63, 3.8) is 0 Å². The van der Waals surface area contributed by atoms with E-state index in [0.717, 1.165) is 52.1 Å². The van der Waals surface area contributed by atoms with E-state index in [2.05, 4.69) is 22.0 Å². The molecule has 158 valence electrons. The van der Waals surface area contributed by atoms with Crippen LogP contribution in [0.3, 0.4) is 0 Å². The number of nitrogens with zero attached hydrogens (tertiary/aromatic N) is 2. The molecule has 1 atom stereocenters. The fourth-order valence-corrected chi connectivity index (χ4v) is 3.60. The number of methoxy groups -OCH3 is 1. The van der Waals surface area contributed by atoms with E-state index in [1.165, 1.54) is 12.1 Å². The Morgan fingerprint density at radius 1 is 1.39 bits per heavy atom. The number of carbonyl (C=O) groups is 1. The second-order valence-electron chi connectivity index (χ2n) is 7.25. The summed E-state index contributed by atoms with van der Waals surface area (Å²) < 4.78 is 43.1. The molecule has 9 heteroatoms. The summed E-state index contributed by atoms with van der Waals surface area (Å²) in [7, 11) is 1.78. The van der Waals surface area contributed by atoms with Crippen molar-refractivity contribution < 1.29 is 32.5 Å². The van der Waals surface area contributed by atoms with Crippen LogP contribution in [0.1, 0.15) is 31.4 Å². The number of alkyl halides is 3. The molecule has 0 aliphatic carbocycles. The van der Waals surface area contributed by atoms with E-state index in [1.807, 2.05) is 12.3 Å². The zero-order valence-electron chi connectivity index (χ0n) is 16.0. The van der Waals surface area contributed by atoms with Gasteiger partial charge in [0.15, 0.2) is 0 Å². The van der Waals surface area contributed by atoms with Crippen LogP contribution in [0, 0.1) is 5.92 Å². The Morgan fingerprint density at radius 3 is 2.61 bits per heavy atom. The fourth-order valence-electron chi connectivity index (χ4n) is 3.60. The summed E-state index contributed by atoms with van der Waals surface area (Å²) >= 11 is 0. The Labute approximate surface area is 162 Å². The maximum absolute atomic E-state index is 10.6. The van der Waals surface area contributed by atoms with Crippen LogP contribution in [0.15, 0.2) is 24.4 Å². The predicted octanol–water partition coefficient (Wildman–Crippen LogP) is 3.12. The lowest BCUT2D eigenvalue weighted by molar-refractivity contribution is -0.192. The van der Waals surface area contributed by atoms with Gasteiger partial charge in [-0.1, -0.05) is 6.07 Å². The molecule has 1 unspecified atom stereocenters. The molecule has 1 aromatic rings. The number of hydrogen-bond acceptors (Lipinski definition) is 5. The number of carboxylic acids is 1. The van der Waals surface area contributed by atoms with Crippen molar-refractivity contribution in [3.8, 4) is 0 Å². The average Bonchev–Trinajstić information content (AvgIpc) is 3.05. The molecule has 1 spiro atoms. The van der Waals surface area contributed by atoms with E-state index in [1.54, 1.807) is 7.11 Å². The molecule has 1 aromatic heterocycles. The number of aromatic nitrogens is 1. The first-order chi connectivity index (χ1) is 13.2. The van der Waals surface area contributed by atoms with E-state index >= 15 is 0 Å². The minimum atomic E-state index is -5.08. The Morgan fingerprint density at radius 2 is 2.07 bits per heavy atom. The molecule has 0 radical (unpaired) electrons. The van der Waals surface area contributed by atoms with Crippen molar-refractivity contribution in [3.05, 3.63) is 30.1 Å². The van der Waals surface area contributed by atoms with Gasteiger partial charge in [0.25, 0.3) is 0 Å². The minimum Gasteiger partial charge on any atom is -0.475 e. The Balaban J connectivity index is 0.000000345. The number of piperidine rings is 1. The van der Waals surface area contributed by atoms with Crippen molar-refractivity contribution in [1.29, 1.82) is 0 Å². The van der Waals surface area contributed by atoms with Crippen LogP contribution in [-0.2, 0) is 20.8 Å². The highest BCUT2D eigenvalue weighted by Crippen LogP contribution is 2.39. The minimum absolute atomic E-state index is 0.152. The molecule has 2 aliphatic rings. The first-order valence-corrected chi connectivity index (χ1v) is 9.29. The highest BCUT2D eigenvalue weighted by molar-refractivity contribution is 5.73. The second-order valence-corrected chi connectivity index (χ2v) is 7.25. The normalized spacial score (nSPS) is 21.9. The molecule has 0 bridgehead atoms. The number of aliphatic carboxylic acids is 1. The van der Waals surface area contributed by atoms with Gasteiger partial charge in [0.05, 0.1) is 17.9 Å². The first kappa shape index (κ1) is 22.6. The van der Waals surface area contributed by atoms with E-state index in [-0.39, 0.29) is 5.60 Å². The molecule has 28 heavy (non-hydrogen) atoms. The topological polar surface area (TPSA) is 71.9 Å². The largest absolute Gasteiger partial charge is 0.490 e. The molecule has 0 aromatic carbocycles. The van der Waals surface area contributed by atoms with Gasteiger partial charge in [-0.05, 0) is 43.7 Å². The molecule has 3 rings (SSSR count). The maximum atomic E-state index is 10.6. The van der Waals surface area contributed by atoms with Crippen LogP contribution in [-0.4, -0.2) is 66.2 Å². The van der Waals surface area contributed by atoms with Crippen LogP contribution in [0.4, 0.5) is 13.2 Å². The third-order valence-corrected chi connectivity index (χ3v) is 5.14. The third-order valence-electron chi connectivity index (χ3n) is 5.14. The van der Waals surface area contributed by atoms with Crippen molar-refractivity contribution in [1.82, 2.24) is 9.88 Å². The number of ether oxygens (including phenoxy) is 2. The lowest BCUT2D eigenvalue weighted by Gasteiger charge is -2.38. The highest BCUT2D eigenvalue weighted by atomic mass is 19.4. The van der Waals surface area contributed by atoms with Gasteiger partial charge in [0, 0.05) is 39.5 Å². The molecular weight excluding hydrogens is 377 g/mol. The van der Waals surface area contributed by atoms with Gasteiger partial charge in [-0.25, -0.2) is 4.79 Å². The van der Waals surface area contributed by atoms with Gasteiger partial charge in [0.2, 0.25) is 0 Å². The van der Waals surface area contributed by atoms with Crippen LogP contribution in [0.2, 0.25) is 0 Å². The van der Waals surface area contributed by atoms with Gasteiger partial charge >= 0.3 is 12.1 Å². The van der Waals surface area contributed by atoms with Gasteiger partial charge in [-0.15, -0.1) is 0 Å². The smallest absolute Gasteiger partial charge is 0.475 e. The summed E-state index contributed by atoms with van der Waals surface area (Å²) in [6.45, 7) is 4.98. The molecule has 3 heterocycles. The molecule has 2 aliphatic heterocycles. The Hall–Kier alpha value is -1.71. The first-order valence-electron chi connectivity index (χ1n) is 9.29. The summed E-state index contributed by atoms with van der Waals surface area (Å²) in [6, 6.07) is 6.15. The molecular formula is C19H27F3N2O4. The van der Waals surface area contributed by atoms with E-state index < -0.39 is 12.1 Å². The van der Waals surface area contributed by atoms with E-state index in [0.29, 0.717) is 5.92 Å². The third kappa shape index (κ3) is 7.03. The number of rotatable bonds is 5. The SMILES string of the molecule is COCCC1COC2(CCN(Cc3ccccn3)CC2)C1.O=C(O)C(F)(F)F. The molecule has 6 nitrogen and oxygen atoms in total. The molecule has 0 saturated carbocycles. The Bertz CT molecular complexity index is 605. The molecule has 2 saturated heterocycles. The van der Waals surface area contributed by atoms with Crippen LogP contribution < -0.4 is 0 Å². The summed E-state index contributed by atoms with van der Waals surface area (Å²) in [5.41, 5.74) is 1.32. The van der Waals surface area contributed by atoms with Crippen molar-refractivity contribution in [2.45, 2.75) is 44.0 Å². The van der Waals surface area contributed by atoms with Gasteiger partial charge in [0.1, 0.15) is 0 Å². The number of likely N-dealkylation sites (tertiary alicyclic amines) is 1. The van der Waals surface area contributed by atoms with Crippen LogP contribution >= 0.6 is 0 Å². The van der Waals surface area contributed by atoms with Crippen molar-refractivity contribution >= 4 is 5.97 Å². The lowest BCUT2D eigenvalue weighted by atomic mass is 9.84. The van der Waals surface area contributed by atoms with Crippen LogP contribution in [0.25, 0.3) is 0 Å². The summed E-state index contributed by atoms with van der Waals surface area (Å²) in [5, 5.41) is 7.12. The Kier molecular flexibility index (Phi) is 8.21. The number of hydrogen-bond donors (Lipinski definition) is 1. The lowest BCUT2D eigenvalue weighted by Crippen LogP contribution is -2.43. The summed E-state index contributed by atoms with van der Waals surface area (Å²) in [4.78, 5) is 15.8. The predicted molar refractivity (Wildman–Crippen MR) is 95.7 cm³/mol. The molecule has 0 amide bonds. The van der Waals surface area contributed by atoms with Gasteiger partial charge in [-0.3, -0.25) is 9.88 Å². The summed E-state index contributed by atoms with van der Waals surface area (Å²) in [6.07, 6.45) is 1.46. The molecule has 2 fully saturated rings. The highest BCUT2D eigenvalue weighted by Gasteiger charge is 2.42. The van der Waals surface area contributed by atoms with Gasteiger partial charge < -0.3 is 14.6 Å². The number of halogens is 3. The van der Waals surface area contributed by atoms with Gasteiger partial charge in [-0.2, -0.15) is 13.2 Å². The van der Waals surface area contributed by atoms with E-state index in [9.17, 15) is 13.2 Å². The van der Waals surface area contributed by atoms with Crippen LogP contribution in [0.5, 0.6) is 0 Å². The summed E-state index contributed by atoms with van der Waals surface area (Å²) in [5.74, 6) is -2.07. The fraction of sp³-hybridized carbons (Fsp3) is 0.684. The van der Waals surface area contributed by atoms with E-state index in [4.69, 9.17) is 19.4 Å². The molecule has 1 N–H and O–H groups in total. The van der Waals surface area contributed by atoms with Crippen molar-refractivity contribution in [2.24, 2.45) is 5.92 Å². The number of carboxylic acid groups (broad SMARTS) is 1. The monoisotopic (exact) mass is 404 g/mol. The number of pyridine rings is 1. The second kappa shape index (κ2) is 10.2. The maximum Gasteiger partial charge on any atom is 0.490 e. The zero-order chi connectivity index (χ0) is 20.6.